The monoisotopic (exact) mass is 401 g/mol. The summed E-state index contributed by atoms with van der Waals surface area (Å²) in [6.45, 7) is 8.18. The van der Waals surface area contributed by atoms with Crippen LogP contribution in [0, 0.1) is 0 Å². The van der Waals surface area contributed by atoms with Crippen molar-refractivity contribution in [2.45, 2.75) is 32.5 Å². The highest BCUT2D eigenvalue weighted by molar-refractivity contribution is 6.04. The van der Waals surface area contributed by atoms with Gasteiger partial charge in [0.1, 0.15) is 0 Å². The quantitative estimate of drug-likeness (QED) is 0.452. The van der Waals surface area contributed by atoms with Crippen LogP contribution in [0.15, 0.2) is 29.3 Å². The van der Waals surface area contributed by atoms with E-state index in [1.165, 1.54) is 0 Å². The maximum atomic E-state index is 12.6. The Morgan fingerprint density at radius 1 is 1.25 bits per heavy atom. The van der Waals surface area contributed by atoms with Crippen LogP contribution in [0.1, 0.15) is 36.2 Å². The highest BCUT2D eigenvalue weighted by Crippen LogP contribution is 2.29. The molecule has 0 spiro atoms. The van der Waals surface area contributed by atoms with Gasteiger partial charge in [-0.2, -0.15) is 13.2 Å². The lowest BCUT2D eigenvalue weighted by Gasteiger charge is -2.26. The van der Waals surface area contributed by atoms with E-state index in [4.69, 9.17) is 9.47 Å². The molecule has 1 heterocycles. The number of alkyl halides is 3. The maximum absolute atomic E-state index is 12.6. The van der Waals surface area contributed by atoms with E-state index in [-0.39, 0.29) is 17.7 Å². The average molecular weight is 401 g/mol. The van der Waals surface area contributed by atoms with Crippen molar-refractivity contribution in [3.05, 3.63) is 35.4 Å². The number of benzene rings is 1. The van der Waals surface area contributed by atoms with Gasteiger partial charge in [0.05, 0.1) is 24.9 Å². The molecule has 1 aromatic carbocycles. The molecule has 1 aliphatic rings. The molecule has 1 amide bonds. The first-order valence-corrected chi connectivity index (χ1v) is 9.25. The molecule has 28 heavy (non-hydrogen) atoms. The average Bonchev–Trinajstić information content (AvgIpc) is 2.65. The third-order valence-corrected chi connectivity index (χ3v) is 4.03. The molecule has 0 atom stereocenters. The van der Waals surface area contributed by atoms with E-state index >= 15 is 0 Å². The van der Waals surface area contributed by atoms with Crippen molar-refractivity contribution < 1.29 is 27.4 Å². The SMILES string of the molecule is CC(C)OC(=NCCCN1CCOCC1)NC(=O)c1ccc(C(F)(F)F)cc1. The Kier molecular flexibility index (Phi) is 8.25. The fourth-order valence-electron chi connectivity index (χ4n) is 2.61. The molecule has 1 aliphatic heterocycles. The molecule has 0 unspecified atom stereocenters. The number of rotatable bonds is 6. The molecule has 1 saturated heterocycles. The minimum Gasteiger partial charge on any atom is -0.462 e. The number of hydrogen-bond acceptors (Lipinski definition) is 5. The van der Waals surface area contributed by atoms with Gasteiger partial charge in [0, 0.05) is 31.7 Å². The molecule has 6 nitrogen and oxygen atoms in total. The minimum absolute atomic E-state index is 0.0712. The van der Waals surface area contributed by atoms with Crippen LogP contribution in [-0.4, -0.2) is 62.3 Å². The van der Waals surface area contributed by atoms with E-state index in [0.29, 0.717) is 6.54 Å². The van der Waals surface area contributed by atoms with Crippen LogP contribution in [0.2, 0.25) is 0 Å². The summed E-state index contributed by atoms with van der Waals surface area (Å²) in [7, 11) is 0. The number of aliphatic imine (C=N–C) groups is 1. The second kappa shape index (κ2) is 10.4. The number of morpholine rings is 1. The lowest BCUT2D eigenvalue weighted by atomic mass is 10.1. The zero-order valence-corrected chi connectivity index (χ0v) is 16.1. The van der Waals surface area contributed by atoms with Gasteiger partial charge in [0.25, 0.3) is 11.9 Å². The summed E-state index contributed by atoms with van der Waals surface area (Å²) < 4.78 is 48.7. The molecular weight excluding hydrogens is 375 g/mol. The molecule has 1 aromatic rings. The third kappa shape index (κ3) is 7.47. The molecule has 1 N–H and O–H groups in total. The van der Waals surface area contributed by atoms with Crippen molar-refractivity contribution >= 4 is 11.9 Å². The number of carbonyl (C=O) groups is 1. The lowest BCUT2D eigenvalue weighted by molar-refractivity contribution is -0.137. The molecule has 0 bridgehead atoms. The molecule has 0 aliphatic carbocycles. The number of ether oxygens (including phenoxy) is 2. The molecule has 156 valence electrons. The van der Waals surface area contributed by atoms with Crippen LogP contribution >= 0.6 is 0 Å². The van der Waals surface area contributed by atoms with E-state index in [0.717, 1.165) is 63.5 Å². The van der Waals surface area contributed by atoms with Gasteiger partial charge in [-0.05, 0) is 44.5 Å². The Morgan fingerprint density at radius 2 is 1.89 bits per heavy atom. The fourth-order valence-corrected chi connectivity index (χ4v) is 2.61. The van der Waals surface area contributed by atoms with Crippen molar-refractivity contribution in [1.82, 2.24) is 10.2 Å². The Bertz CT molecular complexity index is 655. The highest BCUT2D eigenvalue weighted by Gasteiger charge is 2.30. The summed E-state index contributed by atoms with van der Waals surface area (Å²) >= 11 is 0. The van der Waals surface area contributed by atoms with Gasteiger partial charge in [0.15, 0.2) is 0 Å². The number of halogens is 3. The van der Waals surface area contributed by atoms with Crippen molar-refractivity contribution in [3.8, 4) is 0 Å². The van der Waals surface area contributed by atoms with Gasteiger partial charge >= 0.3 is 6.18 Å². The molecule has 0 saturated carbocycles. The van der Waals surface area contributed by atoms with E-state index in [9.17, 15) is 18.0 Å². The molecular formula is C19H26F3N3O3. The largest absolute Gasteiger partial charge is 0.462 e. The predicted octanol–water partition coefficient (Wildman–Crippen LogP) is 2.94. The van der Waals surface area contributed by atoms with Gasteiger partial charge < -0.3 is 9.47 Å². The minimum atomic E-state index is -4.44. The smallest absolute Gasteiger partial charge is 0.416 e. The van der Waals surface area contributed by atoms with Crippen LogP contribution in [0.3, 0.4) is 0 Å². The van der Waals surface area contributed by atoms with Gasteiger partial charge in [-0.25, -0.2) is 4.99 Å². The number of amides is 1. The third-order valence-electron chi connectivity index (χ3n) is 4.03. The first-order chi connectivity index (χ1) is 13.3. The Balaban J connectivity index is 1.91. The van der Waals surface area contributed by atoms with Gasteiger partial charge in [0.2, 0.25) is 0 Å². The van der Waals surface area contributed by atoms with E-state index in [2.05, 4.69) is 15.2 Å². The molecule has 1 fully saturated rings. The first kappa shape index (κ1) is 22.2. The van der Waals surface area contributed by atoms with Crippen molar-refractivity contribution in [2.75, 3.05) is 39.4 Å². The number of nitrogens with zero attached hydrogens (tertiary/aromatic N) is 2. The highest BCUT2D eigenvalue weighted by atomic mass is 19.4. The van der Waals surface area contributed by atoms with Crippen molar-refractivity contribution in [2.24, 2.45) is 4.99 Å². The summed E-state index contributed by atoms with van der Waals surface area (Å²) in [4.78, 5) is 18.9. The second-order valence-corrected chi connectivity index (χ2v) is 6.69. The zero-order chi connectivity index (χ0) is 20.6. The lowest BCUT2D eigenvalue weighted by Crippen LogP contribution is -2.37. The summed E-state index contributed by atoms with van der Waals surface area (Å²) in [5.41, 5.74) is -0.708. The Hall–Kier alpha value is -2.13. The standard InChI is InChI=1S/C19H26F3N3O3/c1-14(2)28-18(23-8-3-9-25-10-12-27-13-11-25)24-17(26)15-4-6-16(7-5-15)19(20,21)22/h4-7,14H,3,8-13H2,1-2H3,(H,23,24,26). The topological polar surface area (TPSA) is 63.2 Å². The molecule has 0 aromatic heterocycles. The molecule has 9 heteroatoms. The second-order valence-electron chi connectivity index (χ2n) is 6.69. The number of carbonyl (C=O) groups excluding carboxylic acids is 1. The fraction of sp³-hybridized carbons (Fsp3) is 0.579. The molecule has 2 rings (SSSR count). The van der Waals surface area contributed by atoms with Crippen LogP contribution in [0.5, 0.6) is 0 Å². The number of amidine groups is 1. The number of nitrogens with one attached hydrogen (secondary N) is 1. The summed E-state index contributed by atoms with van der Waals surface area (Å²) in [5.74, 6) is -0.568. The maximum Gasteiger partial charge on any atom is 0.416 e. The summed E-state index contributed by atoms with van der Waals surface area (Å²) in [6.07, 6.45) is -3.85. The zero-order valence-electron chi connectivity index (χ0n) is 16.1. The van der Waals surface area contributed by atoms with Gasteiger partial charge in [-0.1, -0.05) is 0 Å². The normalized spacial score (nSPS) is 16.3. The van der Waals surface area contributed by atoms with E-state index < -0.39 is 17.6 Å². The van der Waals surface area contributed by atoms with Crippen molar-refractivity contribution in [1.29, 1.82) is 0 Å². The predicted molar refractivity (Wildman–Crippen MR) is 99.3 cm³/mol. The van der Waals surface area contributed by atoms with Crippen molar-refractivity contribution in [3.63, 3.8) is 0 Å². The van der Waals surface area contributed by atoms with E-state index in [1.807, 2.05) is 0 Å². The van der Waals surface area contributed by atoms with E-state index in [1.54, 1.807) is 13.8 Å². The van der Waals surface area contributed by atoms with Gasteiger partial charge in [-0.3, -0.25) is 15.0 Å². The Labute approximate surface area is 162 Å². The van der Waals surface area contributed by atoms with Crippen LogP contribution < -0.4 is 5.32 Å². The van der Waals surface area contributed by atoms with Crippen LogP contribution in [-0.2, 0) is 15.7 Å². The van der Waals surface area contributed by atoms with Gasteiger partial charge in [-0.15, -0.1) is 0 Å². The summed E-state index contributed by atoms with van der Waals surface area (Å²) in [6, 6.07) is 4.07. The first-order valence-electron chi connectivity index (χ1n) is 9.25. The van der Waals surface area contributed by atoms with Crippen LogP contribution in [0.4, 0.5) is 13.2 Å². The molecule has 0 radical (unpaired) electrons. The Morgan fingerprint density at radius 3 is 2.46 bits per heavy atom. The van der Waals surface area contributed by atoms with Crippen LogP contribution in [0.25, 0.3) is 0 Å². The summed E-state index contributed by atoms with van der Waals surface area (Å²) in [5, 5.41) is 2.54. The number of hydrogen-bond donors (Lipinski definition) is 1.